The number of hydrogen-bond acceptors (Lipinski definition) is 1. The average molecular weight is 261 g/mol. The van der Waals surface area contributed by atoms with Gasteiger partial charge in [0.15, 0.2) is 0 Å². The van der Waals surface area contributed by atoms with E-state index in [1.54, 1.807) is 6.20 Å². The molecule has 0 atom stereocenters. The van der Waals surface area contributed by atoms with Crippen LogP contribution in [0.1, 0.15) is 37.2 Å². The Morgan fingerprint density at radius 2 is 2.08 bits per heavy atom. The maximum Gasteiger partial charge on any atom is 0.133 e. The van der Waals surface area contributed by atoms with Crippen LogP contribution < -0.4 is 0 Å². The third kappa shape index (κ3) is 1.89. The molecule has 1 aliphatic rings. The average Bonchev–Trinajstić information content (AvgIpc) is 2.57. The third-order valence-electron chi connectivity index (χ3n) is 2.65. The second-order valence-corrected chi connectivity index (χ2v) is 4.69. The molecule has 0 aromatic carbocycles. The van der Waals surface area contributed by atoms with Crippen LogP contribution in [0.2, 0.25) is 5.15 Å². The fourth-order valence-corrected chi connectivity index (χ4v) is 3.06. The number of halogens is 2. The molecule has 0 amide bonds. The molecule has 0 aliphatic heterocycles. The molecule has 1 fully saturated rings. The highest BCUT2D eigenvalue weighted by atomic mass is 79.9. The summed E-state index contributed by atoms with van der Waals surface area (Å²) < 4.78 is 1.11. The first-order valence-electron chi connectivity index (χ1n) is 4.59. The standard InChI is InChI=1S/C10H11BrClN/c11-8-5-6-13-10(12)9(8)7-3-1-2-4-7/h5-7H,1-4H2. The summed E-state index contributed by atoms with van der Waals surface area (Å²) in [6, 6.07) is 1.97. The van der Waals surface area contributed by atoms with Gasteiger partial charge >= 0.3 is 0 Å². The summed E-state index contributed by atoms with van der Waals surface area (Å²) >= 11 is 9.60. The molecule has 1 nitrogen and oxygen atoms in total. The normalized spacial score (nSPS) is 18.0. The number of rotatable bonds is 1. The lowest BCUT2D eigenvalue weighted by Gasteiger charge is -2.12. The van der Waals surface area contributed by atoms with E-state index in [1.165, 1.54) is 31.2 Å². The van der Waals surface area contributed by atoms with Crippen LogP contribution in [0.5, 0.6) is 0 Å². The van der Waals surface area contributed by atoms with Gasteiger partial charge in [0, 0.05) is 16.2 Å². The lowest BCUT2D eigenvalue weighted by atomic mass is 10.00. The highest BCUT2D eigenvalue weighted by Gasteiger charge is 2.21. The van der Waals surface area contributed by atoms with E-state index < -0.39 is 0 Å². The summed E-state index contributed by atoms with van der Waals surface area (Å²) in [4.78, 5) is 4.12. The predicted molar refractivity (Wildman–Crippen MR) is 58.2 cm³/mol. The molecule has 0 unspecified atom stereocenters. The monoisotopic (exact) mass is 259 g/mol. The van der Waals surface area contributed by atoms with E-state index in [0.29, 0.717) is 11.1 Å². The fourth-order valence-electron chi connectivity index (χ4n) is 2.00. The van der Waals surface area contributed by atoms with Crippen LogP contribution in [-0.2, 0) is 0 Å². The summed E-state index contributed by atoms with van der Waals surface area (Å²) in [5, 5.41) is 0.668. The van der Waals surface area contributed by atoms with Gasteiger partial charge in [-0.2, -0.15) is 0 Å². The summed E-state index contributed by atoms with van der Waals surface area (Å²) in [5.41, 5.74) is 1.21. The molecule has 2 rings (SSSR count). The van der Waals surface area contributed by atoms with Crippen LogP contribution >= 0.6 is 27.5 Å². The van der Waals surface area contributed by atoms with Crippen LogP contribution in [0.15, 0.2) is 16.7 Å². The minimum Gasteiger partial charge on any atom is -0.244 e. The first-order chi connectivity index (χ1) is 6.29. The lowest BCUT2D eigenvalue weighted by Crippen LogP contribution is -1.96. The topological polar surface area (TPSA) is 12.9 Å². The Hall–Kier alpha value is -0.0800. The molecule has 0 radical (unpaired) electrons. The Bertz CT molecular complexity index is 288. The van der Waals surface area contributed by atoms with E-state index in [2.05, 4.69) is 20.9 Å². The molecule has 1 aliphatic carbocycles. The number of nitrogens with zero attached hydrogens (tertiary/aromatic N) is 1. The predicted octanol–water partition coefficient (Wildman–Crippen LogP) is 4.16. The quantitative estimate of drug-likeness (QED) is 0.691. The molecule has 1 heterocycles. The molecule has 1 saturated carbocycles. The molecule has 0 bridgehead atoms. The van der Waals surface area contributed by atoms with Gasteiger partial charge in [-0.1, -0.05) is 40.4 Å². The summed E-state index contributed by atoms with van der Waals surface area (Å²) in [7, 11) is 0. The van der Waals surface area contributed by atoms with E-state index in [-0.39, 0.29) is 0 Å². The second-order valence-electron chi connectivity index (χ2n) is 3.48. The van der Waals surface area contributed by atoms with Crippen LogP contribution in [0.25, 0.3) is 0 Å². The van der Waals surface area contributed by atoms with Crippen molar-refractivity contribution in [1.82, 2.24) is 4.98 Å². The lowest BCUT2D eigenvalue weighted by molar-refractivity contribution is 0.716. The SMILES string of the molecule is Clc1nccc(Br)c1C1CCCC1. The maximum atomic E-state index is 6.07. The van der Waals surface area contributed by atoms with Gasteiger partial charge in [-0.05, 0) is 24.8 Å². The van der Waals surface area contributed by atoms with E-state index in [0.717, 1.165) is 4.47 Å². The van der Waals surface area contributed by atoms with Gasteiger partial charge in [-0.25, -0.2) is 4.98 Å². The minimum atomic E-state index is 0.621. The molecule has 0 N–H and O–H groups in total. The number of hydrogen-bond donors (Lipinski definition) is 0. The molecule has 1 aromatic rings. The third-order valence-corrected chi connectivity index (χ3v) is 3.64. The van der Waals surface area contributed by atoms with Crippen LogP contribution in [0.4, 0.5) is 0 Å². The van der Waals surface area contributed by atoms with Crippen molar-refractivity contribution in [3.8, 4) is 0 Å². The van der Waals surface area contributed by atoms with Gasteiger partial charge in [0.25, 0.3) is 0 Å². The van der Waals surface area contributed by atoms with Crippen LogP contribution in [-0.4, -0.2) is 4.98 Å². The van der Waals surface area contributed by atoms with E-state index in [1.807, 2.05) is 6.07 Å². The van der Waals surface area contributed by atoms with Gasteiger partial charge in [-0.3, -0.25) is 0 Å². The van der Waals surface area contributed by atoms with E-state index >= 15 is 0 Å². The maximum absolute atomic E-state index is 6.07. The van der Waals surface area contributed by atoms with Crippen molar-refractivity contribution in [1.29, 1.82) is 0 Å². The Morgan fingerprint density at radius 3 is 2.69 bits per heavy atom. The number of pyridine rings is 1. The molecule has 0 saturated heterocycles. The van der Waals surface area contributed by atoms with Crippen molar-refractivity contribution in [2.24, 2.45) is 0 Å². The van der Waals surface area contributed by atoms with Crippen molar-refractivity contribution in [2.45, 2.75) is 31.6 Å². The molecule has 70 valence electrons. The second kappa shape index (κ2) is 3.97. The smallest absolute Gasteiger partial charge is 0.133 e. The number of aromatic nitrogens is 1. The van der Waals surface area contributed by atoms with Crippen molar-refractivity contribution < 1.29 is 0 Å². The van der Waals surface area contributed by atoms with Gasteiger partial charge in [0.05, 0.1) is 0 Å². The van der Waals surface area contributed by atoms with Gasteiger partial charge in [0.2, 0.25) is 0 Å². The zero-order valence-electron chi connectivity index (χ0n) is 7.26. The Morgan fingerprint density at radius 1 is 1.38 bits per heavy atom. The van der Waals surface area contributed by atoms with Crippen LogP contribution in [0.3, 0.4) is 0 Å². The first kappa shape index (κ1) is 9.47. The van der Waals surface area contributed by atoms with Gasteiger partial charge in [-0.15, -0.1) is 0 Å². The summed E-state index contributed by atoms with van der Waals surface area (Å²) in [6.45, 7) is 0. The molecular weight excluding hydrogens is 249 g/mol. The summed E-state index contributed by atoms with van der Waals surface area (Å²) in [6.07, 6.45) is 6.89. The Kier molecular flexibility index (Phi) is 2.89. The van der Waals surface area contributed by atoms with E-state index in [9.17, 15) is 0 Å². The highest BCUT2D eigenvalue weighted by Crippen LogP contribution is 2.40. The molecule has 1 aromatic heterocycles. The first-order valence-corrected chi connectivity index (χ1v) is 5.76. The molecular formula is C10H11BrClN. The Labute approximate surface area is 91.6 Å². The highest BCUT2D eigenvalue weighted by molar-refractivity contribution is 9.10. The minimum absolute atomic E-state index is 0.621. The Balaban J connectivity index is 2.37. The molecule has 13 heavy (non-hydrogen) atoms. The zero-order valence-corrected chi connectivity index (χ0v) is 9.61. The molecule has 3 heteroatoms. The van der Waals surface area contributed by atoms with Crippen molar-refractivity contribution in [2.75, 3.05) is 0 Å². The van der Waals surface area contributed by atoms with Gasteiger partial charge < -0.3 is 0 Å². The largest absolute Gasteiger partial charge is 0.244 e. The van der Waals surface area contributed by atoms with Crippen LogP contribution in [0, 0.1) is 0 Å². The fraction of sp³-hybridized carbons (Fsp3) is 0.500. The van der Waals surface area contributed by atoms with Crippen molar-refractivity contribution in [3.05, 3.63) is 27.5 Å². The van der Waals surface area contributed by atoms with Crippen molar-refractivity contribution >= 4 is 27.5 Å². The summed E-state index contributed by atoms with van der Waals surface area (Å²) in [5.74, 6) is 0.621. The van der Waals surface area contributed by atoms with Crippen molar-refractivity contribution in [3.63, 3.8) is 0 Å². The molecule has 0 spiro atoms. The zero-order chi connectivity index (χ0) is 9.26. The van der Waals surface area contributed by atoms with Gasteiger partial charge in [0.1, 0.15) is 5.15 Å². The van der Waals surface area contributed by atoms with E-state index in [4.69, 9.17) is 11.6 Å².